The Labute approximate surface area is 97.1 Å². The van der Waals surface area contributed by atoms with E-state index in [0.29, 0.717) is 11.1 Å². The number of halogens is 3. The number of nitrogens with zero attached hydrogens (tertiary/aromatic N) is 2. The minimum atomic E-state index is -4.35. The fourth-order valence-electron chi connectivity index (χ4n) is 1.92. The van der Waals surface area contributed by atoms with Gasteiger partial charge in [0.1, 0.15) is 0 Å². The van der Waals surface area contributed by atoms with Gasteiger partial charge in [-0.15, -0.1) is 0 Å². The Morgan fingerprint density at radius 1 is 1.24 bits per heavy atom. The summed E-state index contributed by atoms with van der Waals surface area (Å²) in [5, 5.41) is 0. The lowest BCUT2D eigenvalue weighted by atomic mass is 10.1. The first-order valence-electron chi connectivity index (χ1n) is 5.35. The molecule has 0 aliphatic heterocycles. The highest BCUT2D eigenvalue weighted by atomic mass is 19.4. The lowest BCUT2D eigenvalue weighted by Gasteiger charge is -2.14. The van der Waals surface area contributed by atoms with Gasteiger partial charge in [-0.1, -0.05) is 0 Å². The van der Waals surface area contributed by atoms with Crippen molar-refractivity contribution in [1.82, 2.24) is 9.55 Å². The van der Waals surface area contributed by atoms with Crippen molar-refractivity contribution in [1.29, 1.82) is 0 Å². The minimum Gasteiger partial charge on any atom is -0.328 e. The molecule has 0 aliphatic rings. The van der Waals surface area contributed by atoms with Crippen LogP contribution in [-0.2, 0) is 6.18 Å². The first kappa shape index (κ1) is 12.0. The largest absolute Gasteiger partial charge is 0.418 e. The Bertz CT molecular complexity index is 553. The van der Waals surface area contributed by atoms with Gasteiger partial charge >= 0.3 is 6.18 Å². The van der Waals surface area contributed by atoms with Crippen LogP contribution in [0.3, 0.4) is 0 Å². The molecule has 0 bridgehead atoms. The van der Waals surface area contributed by atoms with Crippen LogP contribution in [-0.4, -0.2) is 9.55 Å². The monoisotopic (exact) mass is 242 g/mol. The Morgan fingerprint density at radius 3 is 2.41 bits per heavy atom. The van der Waals surface area contributed by atoms with E-state index in [4.69, 9.17) is 0 Å². The fourth-order valence-corrected chi connectivity index (χ4v) is 1.92. The Balaban J connectivity index is 2.84. The van der Waals surface area contributed by atoms with E-state index >= 15 is 0 Å². The average molecular weight is 242 g/mol. The number of alkyl halides is 3. The van der Waals surface area contributed by atoms with Gasteiger partial charge in [-0.05, 0) is 38.5 Å². The van der Waals surface area contributed by atoms with E-state index in [2.05, 4.69) is 4.98 Å². The molecular weight excluding hydrogens is 229 g/mol. The maximum absolute atomic E-state index is 13.0. The van der Waals surface area contributed by atoms with E-state index in [9.17, 15) is 13.2 Å². The number of rotatable bonds is 1. The molecule has 2 nitrogen and oxygen atoms in total. The third kappa shape index (κ3) is 2.01. The summed E-state index contributed by atoms with van der Waals surface area (Å²) in [6.45, 7) is 5.31. The molecule has 0 saturated carbocycles. The highest BCUT2D eigenvalue weighted by molar-refractivity contribution is 5.80. The molecule has 0 atom stereocenters. The SMILES string of the molecule is Cc1cc(C(F)(F)F)c2c(c1)ncn2C(C)C. The summed E-state index contributed by atoms with van der Waals surface area (Å²) >= 11 is 0. The van der Waals surface area contributed by atoms with Crippen LogP contribution < -0.4 is 0 Å². The summed E-state index contributed by atoms with van der Waals surface area (Å²) in [7, 11) is 0. The zero-order valence-electron chi connectivity index (χ0n) is 9.84. The van der Waals surface area contributed by atoms with Crippen LogP contribution in [0.25, 0.3) is 11.0 Å². The Morgan fingerprint density at radius 2 is 1.88 bits per heavy atom. The quantitative estimate of drug-likeness (QED) is 0.740. The molecule has 0 saturated heterocycles. The maximum atomic E-state index is 13.0. The number of hydrogen-bond donors (Lipinski definition) is 0. The van der Waals surface area contributed by atoms with Gasteiger partial charge in [-0.3, -0.25) is 0 Å². The van der Waals surface area contributed by atoms with Gasteiger partial charge < -0.3 is 4.57 Å². The molecule has 1 aromatic heterocycles. The summed E-state index contributed by atoms with van der Waals surface area (Å²) in [6, 6.07) is 2.79. The van der Waals surface area contributed by atoms with E-state index < -0.39 is 11.7 Å². The summed E-state index contributed by atoms with van der Waals surface area (Å²) in [5.74, 6) is 0. The van der Waals surface area contributed by atoms with Crippen LogP contribution in [0.1, 0.15) is 31.0 Å². The molecule has 2 rings (SSSR count). The molecular formula is C12H13F3N2. The number of aryl methyl sites for hydroxylation is 1. The molecule has 2 aromatic rings. The lowest BCUT2D eigenvalue weighted by molar-refractivity contribution is -0.136. The molecule has 0 amide bonds. The molecule has 1 heterocycles. The van der Waals surface area contributed by atoms with Crippen molar-refractivity contribution in [2.24, 2.45) is 0 Å². The third-order valence-electron chi connectivity index (χ3n) is 2.68. The number of imidazole rings is 1. The van der Waals surface area contributed by atoms with Crippen molar-refractivity contribution in [3.63, 3.8) is 0 Å². The molecule has 0 aliphatic carbocycles. The first-order chi connectivity index (χ1) is 7.80. The predicted molar refractivity (Wildman–Crippen MR) is 59.9 cm³/mol. The van der Waals surface area contributed by atoms with Crippen molar-refractivity contribution in [2.45, 2.75) is 33.0 Å². The number of hydrogen-bond acceptors (Lipinski definition) is 1. The minimum absolute atomic E-state index is 0.0520. The van der Waals surface area contributed by atoms with Crippen molar-refractivity contribution in [2.75, 3.05) is 0 Å². The molecule has 0 fully saturated rings. The molecule has 1 aromatic carbocycles. The van der Waals surface area contributed by atoms with Gasteiger partial charge in [0.15, 0.2) is 0 Å². The molecule has 92 valence electrons. The summed E-state index contributed by atoms with van der Waals surface area (Å²) < 4.78 is 40.5. The second-order valence-corrected chi connectivity index (χ2v) is 4.42. The van der Waals surface area contributed by atoms with Crippen molar-refractivity contribution >= 4 is 11.0 Å². The van der Waals surface area contributed by atoms with Gasteiger partial charge in [-0.2, -0.15) is 13.2 Å². The summed E-state index contributed by atoms with van der Waals surface area (Å²) in [6.07, 6.45) is -2.89. The fraction of sp³-hybridized carbons (Fsp3) is 0.417. The standard InChI is InChI=1S/C12H13F3N2/c1-7(2)17-6-16-10-5-8(3)4-9(11(10)17)12(13,14)15/h4-7H,1-3H3. The number of fused-ring (bicyclic) bond motifs is 1. The van der Waals surface area contributed by atoms with Gasteiger partial charge in [0.2, 0.25) is 0 Å². The van der Waals surface area contributed by atoms with Crippen molar-refractivity contribution < 1.29 is 13.2 Å². The van der Waals surface area contributed by atoms with Crippen LogP contribution in [0.4, 0.5) is 13.2 Å². The highest BCUT2D eigenvalue weighted by Gasteiger charge is 2.34. The zero-order chi connectivity index (χ0) is 12.8. The second kappa shape index (κ2) is 3.75. The van der Waals surface area contributed by atoms with E-state index in [0.717, 1.165) is 0 Å². The zero-order valence-corrected chi connectivity index (χ0v) is 9.84. The van der Waals surface area contributed by atoms with Crippen LogP contribution in [0.5, 0.6) is 0 Å². The first-order valence-corrected chi connectivity index (χ1v) is 5.35. The van der Waals surface area contributed by atoms with Crippen molar-refractivity contribution in [3.8, 4) is 0 Å². The lowest BCUT2D eigenvalue weighted by Crippen LogP contribution is -2.10. The second-order valence-electron chi connectivity index (χ2n) is 4.42. The summed E-state index contributed by atoms with van der Waals surface area (Å²) in [4.78, 5) is 4.04. The van der Waals surface area contributed by atoms with Crippen LogP contribution in [0.15, 0.2) is 18.5 Å². The smallest absolute Gasteiger partial charge is 0.328 e. The average Bonchev–Trinajstić information content (AvgIpc) is 2.57. The predicted octanol–water partition coefficient (Wildman–Crippen LogP) is 3.94. The molecule has 0 radical (unpaired) electrons. The molecule has 0 unspecified atom stereocenters. The van der Waals surface area contributed by atoms with Crippen molar-refractivity contribution in [3.05, 3.63) is 29.6 Å². The van der Waals surface area contributed by atoms with Gasteiger partial charge in [0, 0.05) is 6.04 Å². The topological polar surface area (TPSA) is 17.8 Å². The maximum Gasteiger partial charge on any atom is 0.418 e. The Hall–Kier alpha value is -1.52. The Kier molecular flexibility index (Phi) is 2.64. The normalized spacial score (nSPS) is 12.6. The van der Waals surface area contributed by atoms with E-state index in [1.165, 1.54) is 12.4 Å². The number of benzene rings is 1. The molecule has 5 heteroatoms. The molecule has 0 N–H and O–H groups in total. The number of aromatic nitrogens is 2. The van der Waals surface area contributed by atoms with Gasteiger partial charge in [-0.25, -0.2) is 4.98 Å². The molecule has 17 heavy (non-hydrogen) atoms. The highest BCUT2D eigenvalue weighted by Crippen LogP contribution is 2.36. The van der Waals surface area contributed by atoms with Gasteiger partial charge in [0.25, 0.3) is 0 Å². The van der Waals surface area contributed by atoms with Crippen LogP contribution in [0, 0.1) is 6.92 Å². The van der Waals surface area contributed by atoms with Crippen LogP contribution >= 0.6 is 0 Å². The third-order valence-corrected chi connectivity index (χ3v) is 2.68. The van der Waals surface area contributed by atoms with Gasteiger partial charge in [0.05, 0.1) is 22.9 Å². The summed E-state index contributed by atoms with van der Waals surface area (Å²) in [5.41, 5.74) is 0.515. The van der Waals surface area contributed by atoms with E-state index in [-0.39, 0.29) is 11.6 Å². The molecule has 0 spiro atoms. The van der Waals surface area contributed by atoms with E-state index in [1.54, 1.807) is 17.6 Å². The van der Waals surface area contributed by atoms with Crippen LogP contribution in [0.2, 0.25) is 0 Å². The van der Waals surface area contributed by atoms with E-state index in [1.807, 2.05) is 13.8 Å².